The molecule has 3 rings (SSSR count). The van der Waals surface area contributed by atoms with E-state index in [9.17, 15) is 14.7 Å². The third-order valence-electron chi connectivity index (χ3n) is 4.95. The van der Waals surface area contributed by atoms with Crippen LogP contribution in [0.4, 0.5) is 5.69 Å². The molecule has 0 fully saturated rings. The number of benzene rings is 2. The van der Waals surface area contributed by atoms with Crippen molar-refractivity contribution in [3.63, 3.8) is 0 Å². The quantitative estimate of drug-likeness (QED) is 0.583. The van der Waals surface area contributed by atoms with Gasteiger partial charge in [0.1, 0.15) is 0 Å². The molecule has 0 aromatic heterocycles. The van der Waals surface area contributed by atoms with Gasteiger partial charge in [-0.25, -0.2) is 0 Å². The molecule has 0 saturated heterocycles. The van der Waals surface area contributed by atoms with Crippen molar-refractivity contribution >= 4 is 18.0 Å². The Hall–Kier alpha value is -2.82. The average molecular weight is 352 g/mol. The van der Waals surface area contributed by atoms with E-state index in [1.54, 1.807) is 18.2 Å². The predicted octanol–water partition coefficient (Wildman–Crippen LogP) is 3.42. The number of aromatic hydroxyl groups is 1. The fourth-order valence-corrected chi connectivity index (χ4v) is 3.58. The normalized spacial score (nSPS) is 15.1. The summed E-state index contributed by atoms with van der Waals surface area (Å²) in [4.78, 5) is 23.2. The standard InChI is InChI=1S/C21H24N2O3/c24-14-22-19-13-5-12-18(20(19)25)21(26)23-17-10-3-8-15-6-1-2-7-16(15)9-4-11-17/h1-2,5-7,12-14,17,25H,3-4,8-11H2,(H,22,24)(H,23,26). The van der Waals surface area contributed by atoms with E-state index in [4.69, 9.17) is 0 Å². The van der Waals surface area contributed by atoms with Gasteiger partial charge in [-0.15, -0.1) is 0 Å². The smallest absolute Gasteiger partial charge is 0.255 e. The highest BCUT2D eigenvalue weighted by Gasteiger charge is 2.19. The van der Waals surface area contributed by atoms with Gasteiger partial charge in [0.2, 0.25) is 6.41 Å². The molecule has 2 aromatic rings. The number of phenols is 1. The van der Waals surface area contributed by atoms with Crippen molar-refractivity contribution in [2.45, 2.75) is 44.6 Å². The molecule has 0 radical (unpaired) electrons. The number of aryl methyl sites for hydroxylation is 2. The van der Waals surface area contributed by atoms with Crippen molar-refractivity contribution in [3.8, 4) is 5.75 Å². The van der Waals surface area contributed by atoms with Crippen molar-refractivity contribution in [2.75, 3.05) is 5.32 Å². The summed E-state index contributed by atoms with van der Waals surface area (Å²) in [5, 5.41) is 15.7. The third kappa shape index (κ3) is 4.23. The molecule has 0 bridgehead atoms. The SMILES string of the molecule is O=CNc1cccc(C(=O)NC2CCCc3ccccc3CCC2)c1O. The van der Waals surface area contributed by atoms with Crippen LogP contribution < -0.4 is 10.6 Å². The van der Waals surface area contributed by atoms with E-state index in [0.717, 1.165) is 38.5 Å². The largest absolute Gasteiger partial charge is 0.505 e. The Balaban J connectivity index is 1.66. The van der Waals surface area contributed by atoms with E-state index >= 15 is 0 Å². The lowest BCUT2D eigenvalue weighted by molar-refractivity contribution is -0.105. The van der Waals surface area contributed by atoms with Gasteiger partial charge >= 0.3 is 0 Å². The zero-order valence-electron chi connectivity index (χ0n) is 14.7. The average Bonchev–Trinajstić information content (AvgIpc) is 2.73. The molecule has 0 aliphatic heterocycles. The van der Waals surface area contributed by atoms with E-state index in [2.05, 4.69) is 34.9 Å². The number of anilines is 1. The minimum absolute atomic E-state index is 0.0823. The fourth-order valence-electron chi connectivity index (χ4n) is 3.58. The predicted molar refractivity (Wildman–Crippen MR) is 101 cm³/mol. The van der Waals surface area contributed by atoms with Crippen molar-refractivity contribution < 1.29 is 14.7 Å². The first-order valence-electron chi connectivity index (χ1n) is 9.09. The number of hydrogen-bond donors (Lipinski definition) is 3. The zero-order valence-corrected chi connectivity index (χ0v) is 14.7. The number of carbonyl (C=O) groups excluding carboxylic acids is 2. The van der Waals surface area contributed by atoms with Crippen molar-refractivity contribution in [3.05, 3.63) is 59.2 Å². The summed E-state index contributed by atoms with van der Waals surface area (Å²) in [5.41, 5.74) is 3.23. The highest BCUT2D eigenvalue weighted by molar-refractivity contribution is 5.99. The summed E-state index contributed by atoms with van der Waals surface area (Å²) < 4.78 is 0. The molecule has 3 N–H and O–H groups in total. The Kier molecular flexibility index (Phi) is 5.89. The molecular formula is C21H24N2O3. The van der Waals surface area contributed by atoms with Crippen LogP contribution in [0.1, 0.15) is 47.2 Å². The van der Waals surface area contributed by atoms with Gasteiger partial charge < -0.3 is 15.7 Å². The summed E-state index contributed by atoms with van der Waals surface area (Å²) in [7, 11) is 0. The molecule has 5 heteroatoms. The van der Waals surface area contributed by atoms with Crippen LogP contribution in [0.15, 0.2) is 42.5 Å². The first-order valence-corrected chi connectivity index (χ1v) is 9.09. The molecule has 0 spiro atoms. The number of nitrogens with one attached hydrogen (secondary N) is 2. The summed E-state index contributed by atoms with van der Waals surface area (Å²) in [6, 6.07) is 13.4. The van der Waals surface area contributed by atoms with E-state index in [1.165, 1.54) is 11.1 Å². The topological polar surface area (TPSA) is 78.4 Å². The Labute approximate surface area is 153 Å². The number of hydrogen-bond acceptors (Lipinski definition) is 3. The van der Waals surface area contributed by atoms with Crippen LogP contribution in [0.25, 0.3) is 0 Å². The Morgan fingerprint density at radius 3 is 2.27 bits per heavy atom. The molecule has 0 unspecified atom stereocenters. The number of carbonyl (C=O) groups is 2. The Morgan fingerprint density at radius 2 is 1.65 bits per heavy atom. The van der Waals surface area contributed by atoms with Gasteiger partial charge in [0.15, 0.2) is 5.75 Å². The number of para-hydroxylation sites is 1. The van der Waals surface area contributed by atoms with E-state index in [1.807, 2.05) is 0 Å². The molecule has 136 valence electrons. The first kappa shape index (κ1) is 18.0. The van der Waals surface area contributed by atoms with Crippen LogP contribution in [0.2, 0.25) is 0 Å². The second-order valence-electron chi connectivity index (χ2n) is 6.69. The molecular weight excluding hydrogens is 328 g/mol. The third-order valence-corrected chi connectivity index (χ3v) is 4.95. The second-order valence-corrected chi connectivity index (χ2v) is 6.69. The lowest BCUT2D eigenvalue weighted by Crippen LogP contribution is -2.35. The molecule has 5 nitrogen and oxygen atoms in total. The lowest BCUT2D eigenvalue weighted by atomic mass is 10.00. The summed E-state index contributed by atoms with van der Waals surface area (Å²) in [6.45, 7) is 0. The van der Waals surface area contributed by atoms with E-state index in [-0.39, 0.29) is 28.9 Å². The summed E-state index contributed by atoms with van der Waals surface area (Å²) >= 11 is 0. The molecule has 26 heavy (non-hydrogen) atoms. The van der Waals surface area contributed by atoms with Crippen molar-refractivity contribution in [1.29, 1.82) is 0 Å². The van der Waals surface area contributed by atoms with Gasteiger partial charge in [-0.1, -0.05) is 30.3 Å². The Bertz CT molecular complexity index is 760. The molecule has 2 amide bonds. The van der Waals surface area contributed by atoms with E-state index in [0.29, 0.717) is 6.41 Å². The Morgan fingerprint density at radius 1 is 1.00 bits per heavy atom. The molecule has 1 aliphatic carbocycles. The van der Waals surface area contributed by atoms with Crippen molar-refractivity contribution in [1.82, 2.24) is 5.32 Å². The number of phenolic OH excluding ortho intramolecular Hbond substituents is 1. The number of amides is 2. The van der Waals surface area contributed by atoms with Gasteiger partial charge in [-0.3, -0.25) is 9.59 Å². The monoisotopic (exact) mass is 352 g/mol. The van der Waals surface area contributed by atoms with Crippen LogP contribution in [-0.2, 0) is 17.6 Å². The van der Waals surface area contributed by atoms with Crippen LogP contribution >= 0.6 is 0 Å². The highest BCUT2D eigenvalue weighted by Crippen LogP contribution is 2.27. The molecule has 0 atom stereocenters. The van der Waals surface area contributed by atoms with Crippen LogP contribution in [0.5, 0.6) is 5.75 Å². The summed E-state index contributed by atoms with van der Waals surface area (Å²) in [5.74, 6) is -0.508. The minimum atomic E-state index is -0.307. The molecule has 1 aliphatic rings. The zero-order chi connectivity index (χ0) is 18.4. The fraction of sp³-hybridized carbons (Fsp3) is 0.333. The second kappa shape index (κ2) is 8.52. The van der Waals surface area contributed by atoms with Gasteiger partial charge in [0.05, 0.1) is 11.3 Å². The molecule has 0 heterocycles. The lowest BCUT2D eigenvalue weighted by Gasteiger charge is -2.18. The number of rotatable bonds is 4. The maximum Gasteiger partial charge on any atom is 0.255 e. The van der Waals surface area contributed by atoms with Crippen molar-refractivity contribution in [2.24, 2.45) is 0 Å². The first-order chi connectivity index (χ1) is 12.7. The maximum atomic E-state index is 12.6. The van der Waals surface area contributed by atoms with Crippen LogP contribution in [-0.4, -0.2) is 23.5 Å². The van der Waals surface area contributed by atoms with Crippen LogP contribution in [0, 0.1) is 0 Å². The van der Waals surface area contributed by atoms with Gasteiger partial charge in [-0.05, 0) is 61.8 Å². The minimum Gasteiger partial charge on any atom is -0.505 e. The van der Waals surface area contributed by atoms with Gasteiger partial charge in [0.25, 0.3) is 5.91 Å². The highest BCUT2D eigenvalue weighted by atomic mass is 16.3. The van der Waals surface area contributed by atoms with Gasteiger partial charge in [-0.2, -0.15) is 0 Å². The number of fused-ring (bicyclic) bond motifs is 1. The van der Waals surface area contributed by atoms with Gasteiger partial charge in [0, 0.05) is 6.04 Å². The van der Waals surface area contributed by atoms with E-state index < -0.39 is 0 Å². The molecule has 2 aromatic carbocycles. The summed E-state index contributed by atoms with van der Waals surface area (Å²) in [6.07, 6.45) is 6.37. The van der Waals surface area contributed by atoms with Crippen LogP contribution in [0.3, 0.4) is 0 Å². The molecule has 0 saturated carbocycles. The maximum absolute atomic E-state index is 12.6.